The molecule has 126 valence electrons. The quantitative estimate of drug-likeness (QED) is 0.776. The molecular formula is C17H18N2O5. The van der Waals surface area contributed by atoms with Gasteiger partial charge in [0.15, 0.2) is 11.5 Å². The number of carboxylic acid groups (broad SMARTS) is 1. The van der Waals surface area contributed by atoms with Crippen molar-refractivity contribution in [2.24, 2.45) is 0 Å². The number of carboxylic acids is 1. The first kappa shape index (κ1) is 15.8. The maximum Gasteiger partial charge on any atom is 0.355 e. The fraction of sp³-hybridized carbons (Fsp3) is 0.235. The van der Waals surface area contributed by atoms with Gasteiger partial charge in [-0.2, -0.15) is 0 Å². The van der Waals surface area contributed by atoms with E-state index in [0.29, 0.717) is 34.2 Å². The second-order valence-corrected chi connectivity index (χ2v) is 5.26. The summed E-state index contributed by atoms with van der Waals surface area (Å²) < 4.78 is 15.9. The minimum atomic E-state index is -1.53. The first-order valence-electron chi connectivity index (χ1n) is 7.25. The third kappa shape index (κ3) is 2.25. The average molecular weight is 330 g/mol. The molecule has 0 saturated heterocycles. The number of hydrogen-bond donors (Lipinski definition) is 3. The van der Waals surface area contributed by atoms with E-state index in [1.807, 2.05) is 24.3 Å². The largest absolute Gasteiger partial charge is 0.493 e. The Hall–Kier alpha value is -3.09. The van der Waals surface area contributed by atoms with E-state index >= 15 is 0 Å². The Balaban J connectivity index is 2.17. The van der Waals surface area contributed by atoms with Crippen LogP contribution in [0.1, 0.15) is 5.56 Å². The Labute approximate surface area is 139 Å². The van der Waals surface area contributed by atoms with E-state index in [1.165, 1.54) is 21.3 Å². The molecule has 0 amide bonds. The maximum atomic E-state index is 12.1. The molecule has 3 rings (SSSR count). The smallest absolute Gasteiger partial charge is 0.355 e. The normalized spacial score (nSPS) is 14.1. The van der Waals surface area contributed by atoms with Crippen molar-refractivity contribution < 1.29 is 24.1 Å². The highest BCUT2D eigenvalue weighted by Crippen LogP contribution is 2.45. The van der Waals surface area contributed by atoms with Gasteiger partial charge in [-0.1, -0.05) is 12.1 Å². The predicted octanol–water partition coefficient (Wildman–Crippen LogP) is 2.49. The second-order valence-electron chi connectivity index (χ2n) is 5.26. The average Bonchev–Trinajstić information content (AvgIpc) is 3.01. The van der Waals surface area contributed by atoms with Crippen LogP contribution in [0.5, 0.6) is 17.2 Å². The summed E-state index contributed by atoms with van der Waals surface area (Å²) in [5, 5.41) is 16.0. The summed E-state index contributed by atoms with van der Waals surface area (Å²) in [6, 6.07) is 10.5. The zero-order valence-electron chi connectivity index (χ0n) is 13.5. The van der Waals surface area contributed by atoms with E-state index in [-0.39, 0.29) is 0 Å². The number of methoxy groups -OCH3 is 3. The monoisotopic (exact) mass is 330 g/mol. The fourth-order valence-electron chi connectivity index (χ4n) is 2.81. The number of rotatable bonds is 5. The van der Waals surface area contributed by atoms with Crippen LogP contribution in [-0.4, -0.2) is 32.4 Å². The molecule has 0 atom stereocenters. The summed E-state index contributed by atoms with van der Waals surface area (Å²) in [7, 11) is 4.46. The fourth-order valence-corrected chi connectivity index (χ4v) is 2.81. The lowest BCUT2D eigenvalue weighted by Crippen LogP contribution is -2.46. The number of ether oxygens (including phenoxy) is 3. The van der Waals surface area contributed by atoms with Crippen molar-refractivity contribution in [2.75, 3.05) is 32.0 Å². The third-order valence-electron chi connectivity index (χ3n) is 3.99. The van der Waals surface area contributed by atoms with E-state index in [2.05, 4.69) is 10.6 Å². The van der Waals surface area contributed by atoms with Crippen molar-refractivity contribution in [3.63, 3.8) is 0 Å². The van der Waals surface area contributed by atoms with Crippen molar-refractivity contribution in [1.82, 2.24) is 0 Å². The topological polar surface area (TPSA) is 89.1 Å². The molecule has 24 heavy (non-hydrogen) atoms. The van der Waals surface area contributed by atoms with Gasteiger partial charge in [-0.05, 0) is 24.3 Å². The third-order valence-corrected chi connectivity index (χ3v) is 3.99. The van der Waals surface area contributed by atoms with Gasteiger partial charge in [0.2, 0.25) is 11.4 Å². The molecule has 3 N–H and O–H groups in total. The van der Waals surface area contributed by atoms with E-state index in [1.54, 1.807) is 12.1 Å². The maximum absolute atomic E-state index is 12.1. The predicted molar refractivity (Wildman–Crippen MR) is 89.1 cm³/mol. The zero-order valence-corrected chi connectivity index (χ0v) is 13.5. The number of hydrogen-bond acceptors (Lipinski definition) is 6. The van der Waals surface area contributed by atoms with Gasteiger partial charge in [-0.25, -0.2) is 4.79 Å². The van der Waals surface area contributed by atoms with Crippen molar-refractivity contribution in [3.05, 3.63) is 42.0 Å². The highest BCUT2D eigenvalue weighted by atomic mass is 16.5. The molecule has 2 aromatic carbocycles. The summed E-state index contributed by atoms with van der Waals surface area (Å²) in [6.07, 6.45) is 0. The van der Waals surface area contributed by atoms with Crippen molar-refractivity contribution in [1.29, 1.82) is 0 Å². The number of carbonyl (C=O) groups is 1. The SMILES string of the molecule is COc1cc(C2(C(=O)O)Nc3ccccc3N2)cc(OC)c1OC. The first-order valence-corrected chi connectivity index (χ1v) is 7.25. The van der Waals surface area contributed by atoms with Crippen LogP contribution in [0, 0.1) is 0 Å². The van der Waals surface area contributed by atoms with E-state index < -0.39 is 11.6 Å². The van der Waals surface area contributed by atoms with E-state index in [0.717, 1.165) is 0 Å². The Kier molecular flexibility index (Phi) is 3.84. The Morgan fingerprint density at radius 1 is 0.958 bits per heavy atom. The van der Waals surface area contributed by atoms with Crippen molar-refractivity contribution >= 4 is 17.3 Å². The van der Waals surface area contributed by atoms with Crippen LogP contribution in [0.4, 0.5) is 11.4 Å². The van der Waals surface area contributed by atoms with Gasteiger partial charge in [-0.15, -0.1) is 0 Å². The minimum Gasteiger partial charge on any atom is -0.493 e. The Bertz CT molecular complexity index is 740. The van der Waals surface area contributed by atoms with E-state index in [4.69, 9.17) is 14.2 Å². The molecule has 1 heterocycles. The van der Waals surface area contributed by atoms with E-state index in [9.17, 15) is 9.90 Å². The van der Waals surface area contributed by atoms with Crippen LogP contribution in [0.15, 0.2) is 36.4 Å². The lowest BCUT2D eigenvalue weighted by atomic mass is 9.99. The lowest BCUT2D eigenvalue weighted by Gasteiger charge is -2.28. The summed E-state index contributed by atoms with van der Waals surface area (Å²) in [5.41, 5.74) is 0.305. The molecule has 0 aliphatic carbocycles. The molecule has 7 heteroatoms. The highest BCUT2D eigenvalue weighted by molar-refractivity contribution is 5.94. The molecular weight excluding hydrogens is 312 g/mol. The minimum absolute atomic E-state index is 0.382. The number of benzene rings is 2. The van der Waals surface area contributed by atoms with Crippen molar-refractivity contribution in [2.45, 2.75) is 5.66 Å². The molecule has 0 fully saturated rings. The molecule has 0 spiro atoms. The van der Waals surface area contributed by atoms with Gasteiger partial charge in [0.05, 0.1) is 32.7 Å². The molecule has 0 radical (unpaired) electrons. The number of aliphatic carboxylic acids is 1. The number of nitrogens with one attached hydrogen (secondary N) is 2. The van der Waals surface area contributed by atoms with Crippen molar-refractivity contribution in [3.8, 4) is 17.2 Å². The van der Waals surface area contributed by atoms with Gasteiger partial charge in [-0.3, -0.25) is 0 Å². The summed E-state index contributed by atoms with van der Waals surface area (Å²) in [6.45, 7) is 0. The van der Waals surface area contributed by atoms with Gasteiger partial charge in [0, 0.05) is 5.56 Å². The summed E-state index contributed by atoms with van der Waals surface area (Å²) in [5.74, 6) is 0.0897. The van der Waals surface area contributed by atoms with Crippen LogP contribution in [0.2, 0.25) is 0 Å². The van der Waals surface area contributed by atoms with Crippen LogP contribution < -0.4 is 24.8 Å². The molecule has 0 unspecified atom stereocenters. The van der Waals surface area contributed by atoms with Gasteiger partial charge in [0.25, 0.3) is 0 Å². The van der Waals surface area contributed by atoms with Gasteiger partial charge < -0.3 is 30.0 Å². The van der Waals surface area contributed by atoms with Crippen LogP contribution in [0.25, 0.3) is 0 Å². The molecule has 0 aromatic heterocycles. The molecule has 7 nitrogen and oxygen atoms in total. The van der Waals surface area contributed by atoms with Gasteiger partial charge in [0.1, 0.15) is 0 Å². The highest BCUT2D eigenvalue weighted by Gasteiger charge is 2.46. The summed E-state index contributed by atoms with van der Waals surface area (Å²) in [4.78, 5) is 12.1. The standard InChI is InChI=1S/C17H18N2O5/c1-22-13-8-10(9-14(23-2)15(13)24-3)17(16(20)21)18-11-6-4-5-7-12(11)19-17/h4-9,18-19H,1-3H3,(H,20,21). The second kappa shape index (κ2) is 5.84. The van der Waals surface area contributed by atoms with Crippen LogP contribution >= 0.6 is 0 Å². The molecule has 0 saturated carbocycles. The zero-order chi connectivity index (χ0) is 17.3. The van der Waals surface area contributed by atoms with Gasteiger partial charge >= 0.3 is 5.97 Å². The molecule has 2 aromatic rings. The van der Waals surface area contributed by atoms with Crippen LogP contribution in [-0.2, 0) is 10.5 Å². The molecule has 1 aliphatic rings. The first-order chi connectivity index (χ1) is 11.6. The number of anilines is 2. The molecule has 1 aliphatic heterocycles. The lowest BCUT2D eigenvalue weighted by molar-refractivity contribution is -0.141. The number of fused-ring (bicyclic) bond motifs is 1. The summed E-state index contributed by atoms with van der Waals surface area (Å²) >= 11 is 0. The Morgan fingerprint density at radius 2 is 1.46 bits per heavy atom. The number of para-hydroxylation sites is 2. The molecule has 0 bridgehead atoms. The Morgan fingerprint density at radius 3 is 1.83 bits per heavy atom. The van der Waals surface area contributed by atoms with Crippen LogP contribution in [0.3, 0.4) is 0 Å².